The number of alkyl halides is 6. The Balaban J connectivity index is 2.62. The van der Waals surface area contributed by atoms with Crippen molar-refractivity contribution in [3.8, 4) is 11.6 Å². The van der Waals surface area contributed by atoms with Gasteiger partial charge in [0.25, 0.3) is 0 Å². The number of aromatic nitrogens is 2. The molecule has 0 unspecified atom stereocenters. The maximum absolute atomic E-state index is 12.9. The Morgan fingerprint density at radius 2 is 1.48 bits per heavy atom. The first-order chi connectivity index (χ1) is 9.60. The first-order valence-corrected chi connectivity index (χ1v) is 5.54. The molecule has 2 rings (SSSR count). The zero-order valence-corrected chi connectivity index (χ0v) is 10.5. The number of hydrogen-bond acceptors (Lipinski definition) is 2. The van der Waals surface area contributed by atoms with Gasteiger partial charge in [0.05, 0.1) is 17.3 Å². The van der Waals surface area contributed by atoms with Crippen LogP contribution in [0.25, 0.3) is 0 Å². The van der Waals surface area contributed by atoms with Crippen molar-refractivity contribution in [2.24, 2.45) is 7.05 Å². The summed E-state index contributed by atoms with van der Waals surface area (Å²) in [7, 11) is 1.33. The zero-order chi connectivity index (χ0) is 15.8. The van der Waals surface area contributed by atoms with Crippen LogP contribution in [-0.4, -0.2) is 9.78 Å². The van der Waals surface area contributed by atoms with Crippen molar-refractivity contribution in [1.82, 2.24) is 9.78 Å². The minimum absolute atomic E-state index is 0.239. The molecule has 1 aromatic carbocycles. The summed E-state index contributed by atoms with van der Waals surface area (Å²) in [6.45, 7) is 0. The summed E-state index contributed by atoms with van der Waals surface area (Å²) < 4.78 is 83.1. The monoisotopic (exact) mass is 310 g/mol. The van der Waals surface area contributed by atoms with Gasteiger partial charge in [0.1, 0.15) is 0 Å². The molecule has 0 aliphatic rings. The summed E-state index contributed by atoms with van der Waals surface area (Å²) in [4.78, 5) is 0. The number of aryl methyl sites for hydroxylation is 1. The highest BCUT2D eigenvalue weighted by atomic mass is 19.4. The molecule has 2 aromatic rings. The third-order valence-electron chi connectivity index (χ3n) is 2.61. The summed E-state index contributed by atoms with van der Waals surface area (Å²) in [5, 5.41) is 3.63. The van der Waals surface area contributed by atoms with Crippen LogP contribution in [0, 0.1) is 0 Å². The van der Waals surface area contributed by atoms with Crippen LogP contribution in [0.5, 0.6) is 11.6 Å². The Bertz CT molecular complexity index is 612. The van der Waals surface area contributed by atoms with Crippen molar-refractivity contribution in [1.29, 1.82) is 0 Å². The highest BCUT2D eigenvalue weighted by molar-refractivity contribution is 5.46. The predicted octanol–water partition coefficient (Wildman–Crippen LogP) is 4.25. The third-order valence-corrected chi connectivity index (χ3v) is 2.61. The molecular weight excluding hydrogens is 302 g/mol. The molecule has 0 radical (unpaired) electrons. The molecule has 0 atom stereocenters. The molecule has 0 saturated heterocycles. The number of para-hydroxylation sites is 1. The molecule has 21 heavy (non-hydrogen) atoms. The van der Waals surface area contributed by atoms with Crippen molar-refractivity contribution in [2.75, 3.05) is 0 Å². The molecule has 3 nitrogen and oxygen atoms in total. The average Bonchev–Trinajstić information content (AvgIpc) is 2.72. The molecule has 0 amide bonds. The van der Waals surface area contributed by atoms with E-state index in [9.17, 15) is 26.3 Å². The highest BCUT2D eigenvalue weighted by Gasteiger charge is 2.42. The summed E-state index contributed by atoms with van der Waals surface area (Å²) in [6.07, 6.45) is -8.76. The lowest BCUT2D eigenvalue weighted by atomic mass is 10.1. The van der Waals surface area contributed by atoms with Crippen LogP contribution in [-0.2, 0) is 19.4 Å². The van der Waals surface area contributed by atoms with Crippen molar-refractivity contribution < 1.29 is 31.1 Å². The lowest BCUT2D eigenvalue weighted by Gasteiger charge is -2.18. The zero-order valence-electron chi connectivity index (χ0n) is 10.5. The third kappa shape index (κ3) is 3.11. The fraction of sp³-hybridized carbons (Fsp3) is 0.250. The second-order valence-electron chi connectivity index (χ2n) is 4.07. The molecule has 0 bridgehead atoms. The number of hydrogen-bond donors (Lipinski definition) is 0. The van der Waals surface area contributed by atoms with Crippen LogP contribution >= 0.6 is 0 Å². The van der Waals surface area contributed by atoms with Gasteiger partial charge in [-0.15, -0.1) is 0 Å². The van der Waals surface area contributed by atoms with Gasteiger partial charge in [-0.1, -0.05) is 6.07 Å². The van der Waals surface area contributed by atoms with E-state index in [1.807, 2.05) is 0 Å². The number of ether oxygens (including phenoxy) is 1. The molecule has 0 saturated carbocycles. The largest absolute Gasteiger partial charge is 0.438 e. The maximum atomic E-state index is 12.9. The summed E-state index contributed by atoms with van der Waals surface area (Å²) in [6, 6.07) is 2.90. The van der Waals surface area contributed by atoms with Crippen molar-refractivity contribution in [2.45, 2.75) is 12.4 Å². The summed E-state index contributed by atoms with van der Waals surface area (Å²) in [5.41, 5.74) is -3.00. The second-order valence-corrected chi connectivity index (χ2v) is 4.07. The Kier molecular flexibility index (Phi) is 3.60. The molecule has 1 heterocycles. The Hall–Kier alpha value is -2.19. The molecule has 0 fully saturated rings. The quantitative estimate of drug-likeness (QED) is 0.775. The minimum atomic E-state index is -4.98. The first kappa shape index (κ1) is 15.2. The maximum Gasteiger partial charge on any atom is 0.420 e. The van der Waals surface area contributed by atoms with Gasteiger partial charge in [0.2, 0.25) is 5.88 Å². The predicted molar refractivity (Wildman–Crippen MR) is 59.7 cm³/mol. The van der Waals surface area contributed by atoms with Gasteiger partial charge < -0.3 is 4.74 Å². The van der Waals surface area contributed by atoms with Crippen LogP contribution in [0.2, 0.25) is 0 Å². The standard InChI is InChI=1S/C12H8F6N2O/c1-20-9(5-6-19-20)21-10-7(11(13,14)15)3-2-4-8(10)12(16,17)18/h2-6H,1H3. The number of halogens is 6. The van der Waals surface area contributed by atoms with E-state index in [4.69, 9.17) is 4.74 Å². The van der Waals surface area contributed by atoms with Crippen molar-refractivity contribution in [3.63, 3.8) is 0 Å². The van der Waals surface area contributed by atoms with Gasteiger partial charge in [-0.2, -0.15) is 31.4 Å². The lowest BCUT2D eigenvalue weighted by Crippen LogP contribution is -2.14. The molecule has 0 aliphatic heterocycles. The van der Waals surface area contributed by atoms with E-state index in [2.05, 4.69) is 5.10 Å². The Labute approximate surface area is 114 Å². The molecule has 0 aliphatic carbocycles. The Morgan fingerprint density at radius 1 is 0.952 bits per heavy atom. The van der Waals surface area contributed by atoms with Gasteiger partial charge in [0.15, 0.2) is 5.75 Å². The number of rotatable bonds is 2. The number of nitrogens with zero attached hydrogens (tertiary/aromatic N) is 2. The second kappa shape index (κ2) is 4.97. The van der Waals surface area contributed by atoms with Crippen molar-refractivity contribution >= 4 is 0 Å². The topological polar surface area (TPSA) is 27.1 Å². The van der Waals surface area contributed by atoms with Crippen molar-refractivity contribution in [3.05, 3.63) is 41.6 Å². The normalized spacial score (nSPS) is 12.5. The van der Waals surface area contributed by atoms with Gasteiger partial charge in [-0.25, -0.2) is 4.68 Å². The summed E-state index contributed by atoms with van der Waals surface area (Å²) >= 11 is 0. The number of benzene rings is 1. The average molecular weight is 310 g/mol. The molecule has 0 N–H and O–H groups in total. The smallest absolute Gasteiger partial charge is 0.420 e. The molecular formula is C12H8F6N2O. The van der Waals surface area contributed by atoms with Gasteiger partial charge in [0, 0.05) is 13.1 Å². The molecule has 114 valence electrons. The molecule has 9 heteroatoms. The Morgan fingerprint density at radius 3 is 1.86 bits per heavy atom. The van der Waals surface area contributed by atoms with Crippen LogP contribution in [0.3, 0.4) is 0 Å². The van der Waals surface area contributed by atoms with E-state index in [1.54, 1.807) is 0 Å². The summed E-state index contributed by atoms with van der Waals surface area (Å²) in [5.74, 6) is -1.53. The SMILES string of the molecule is Cn1nccc1Oc1c(C(F)(F)F)cccc1C(F)(F)F. The van der Waals surface area contributed by atoms with E-state index >= 15 is 0 Å². The molecule has 1 aromatic heterocycles. The van der Waals surface area contributed by atoms with E-state index in [0.29, 0.717) is 18.2 Å². The fourth-order valence-corrected chi connectivity index (χ4v) is 1.66. The van der Waals surface area contributed by atoms with Gasteiger partial charge >= 0.3 is 12.4 Å². The first-order valence-electron chi connectivity index (χ1n) is 5.54. The van der Waals surface area contributed by atoms with E-state index in [0.717, 1.165) is 10.7 Å². The highest BCUT2D eigenvalue weighted by Crippen LogP contribution is 2.45. The minimum Gasteiger partial charge on any atom is -0.438 e. The van der Waals surface area contributed by atoms with Gasteiger partial charge in [-0.3, -0.25) is 0 Å². The van der Waals surface area contributed by atoms with Crippen LogP contribution in [0.4, 0.5) is 26.3 Å². The van der Waals surface area contributed by atoms with Crippen LogP contribution < -0.4 is 4.74 Å². The fourth-order valence-electron chi connectivity index (χ4n) is 1.66. The molecule has 0 spiro atoms. The van der Waals surface area contributed by atoms with E-state index < -0.39 is 29.2 Å². The lowest BCUT2D eigenvalue weighted by molar-refractivity contribution is -0.145. The van der Waals surface area contributed by atoms with Gasteiger partial charge in [-0.05, 0) is 12.1 Å². The van der Waals surface area contributed by atoms with E-state index in [1.165, 1.54) is 13.2 Å². The van der Waals surface area contributed by atoms with E-state index in [-0.39, 0.29) is 5.88 Å². The van der Waals surface area contributed by atoms with Crippen LogP contribution in [0.1, 0.15) is 11.1 Å². The van der Waals surface area contributed by atoms with Crippen LogP contribution in [0.15, 0.2) is 30.5 Å².